The van der Waals surface area contributed by atoms with Gasteiger partial charge in [0, 0.05) is 12.6 Å². The van der Waals surface area contributed by atoms with Crippen LogP contribution in [-0.4, -0.2) is 29.8 Å². The summed E-state index contributed by atoms with van der Waals surface area (Å²) in [6, 6.07) is 4.31. The van der Waals surface area contributed by atoms with Crippen molar-refractivity contribution < 1.29 is 0 Å². The molecule has 0 amide bonds. The van der Waals surface area contributed by atoms with Crippen molar-refractivity contribution in [3.63, 3.8) is 0 Å². The van der Waals surface area contributed by atoms with Gasteiger partial charge in [-0.2, -0.15) is 8.75 Å². The number of nitrogens with zero attached hydrogens (tertiary/aromatic N) is 5. The van der Waals surface area contributed by atoms with Crippen molar-refractivity contribution in [1.29, 1.82) is 0 Å². The molecule has 0 bridgehead atoms. The van der Waals surface area contributed by atoms with Gasteiger partial charge < -0.3 is 5.32 Å². The van der Waals surface area contributed by atoms with Crippen LogP contribution >= 0.6 is 23.3 Å². The van der Waals surface area contributed by atoms with Crippen molar-refractivity contribution in [3.8, 4) is 5.69 Å². The number of hydrogen-bond donors (Lipinski definition) is 1. The number of rotatable bonds is 4. The van der Waals surface area contributed by atoms with Crippen LogP contribution < -0.4 is 5.32 Å². The molecule has 2 heterocycles. The lowest BCUT2D eigenvalue weighted by molar-refractivity contribution is 0.648. The number of aromatic nitrogens is 5. The first-order chi connectivity index (χ1) is 9.83. The van der Waals surface area contributed by atoms with Crippen LogP contribution in [0.15, 0.2) is 18.3 Å². The first kappa shape index (κ1) is 12.2. The second-order valence-electron chi connectivity index (χ2n) is 4.82. The average Bonchev–Trinajstić information content (AvgIpc) is 2.98. The summed E-state index contributed by atoms with van der Waals surface area (Å²) in [4.78, 5) is 0. The van der Waals surface area contributed by atoms with Crippen LogP contribution in [0.1, 0.15) is 18.5 Å². The highest BCUT2D eigenvalue weighted by molar-refractivity contribution is 7.00. The van der Waals surface area contributed by atoms with Crippen molar-refractivity contribution >= 4 is 34.4 Å². The zero-order valence-electron chi connectivity index (χ0n) is 10.5. The molecular weight excluding hydrogens is 296 g/mol. The predicted octanol–water partition coefficient (Wildman–Crippen LogP) is 2.18. The lowest BCUT2D eigenvalue weighted by atomic mass is 10.2. The quantitative estimate of drug-likeness (QED) is 0.800. The SMILES string of the molecule is Clc1ccc2nsnc2c1-n1nncc1CNC1CC1. The minimum Gasteiger partial charge on any atom is -0.308 e. The predicted molar refractivity (Wildman–Crippen MR) is 77.2 cm³/mol. The van der Waals surface area contributed by atoms with E-state index in [4.69, 9.17) is 11.6 Å². The maximum atomic E-state index is 6.33. The summed E-state index contributed by atoms with van der Waals surface area (Å²) in [6.07, 6.45) is 4.24. The highest BCUT2D eigenvalue weighted by Gasteiger charge is 2.22. The summed E-state index contributed by atoms with van der Waals surface area (Å²) in [5.41, 5.74) is 3.31. The third-order valence-electron chi connectivity index (χ3n) is 3.33. The van der Waals surface area contributed by atoms with Crippen molar-refractivity contribution in [1.82, 2.24) is 29.1 Å². The maximum absolute atomic E-state index is 6.33. The van der Waals surface area contributed by atoms with E-state index in [1.807, 2.05) is 12.1 Å². The molecular formula is C12H11ClN6S. The molecule has 0 saturated heterocycles. The Kier molecular flexibility index (Phi) is 2.90. The Morgan fingerprint density at radius 3 is 3.10 bits per heavy atom. The van der Waals surface area contributed by atoms with Gasteiger partial charge in [0.15, 0.2) is 0 Å². The Hall–Kier alpha value is -1.57. The molecule has 1 aliphatic carbocycles. The Bertz CT molecular complexity index is 762. The molecule has 1 fully saturated rings. The smallest absolute Gasteiger partial charge is 0.132 e. The fraction of sp³-hybridized carbons (Fsp3) is 0.333. The molecule has 0 aliphatic heterocycles. The van der Waals surface area contributed by atoms with Gasteiger partial charge in [0.1, 0.15) is 16.7 Å². The van der Waals surface area contributed by atoms with Crippen LogP contribution in [0.3, 0.4) is 0 Å². The molecule has 102 valence electrons. The fourth-order valence-electron chi connectivity index (χ4n) is 2.12. The van der Waals surface area contributed by atoms with Gasteiger partial charge in [-0.1, -0.05) is 16.8 Å². The van der Waals surface area contributed by atoms with Crippen LogP contribution in [0.2, 0.25) is 5.02 Å². The number of halogens is 1. The molecule has 0 atom stereocenters. The molecule has 2 aromatic heterocycles. The topological polar surface area (TPSA) is 68.5 Å². The molecule has 1 N–H and O–H groups in total. The number of benzene rings is 1. The molecule has 0 unspecified atom stereocenters. The summed E-state index contributed by atoms with van der Waals surface area (Å²) in [5, 5.41) is 12.2. The number of fused-ring (bicyclic) bond motifs is 1. The molecule has 20 heavy (non-hydrogen) atoms. The Morgan fingerprint density at radius 2 is 2.25 bits per heavy atom. The van der Waals surface area contributed by atoms with Crippen LogP contribution in [0.5, 0.6) is 0 Å². The highest BCUT2D eigenvalue weighted by Crippen LogP contribution is 2.29. The van der Waals surface area contributed by atoms with Crippen molar-refractivity contribution in [3.05, 3.63) is 29.0 Å². The van der Waals surface area contributed by atoms with Gasteiger partial charge in [0.2, 0.25) is 0 Å². The summed E-state index contributed by atoms with van der Waals surface area (Å²) < 4.78 is 10.3. The molecule has 0 radical (unpaired) electrons. The van der Waals surface area contributed by atoms with E-state index in [0.29, 0.717) is 11.1 Å². The van der Waals surface area contributed by atoms with Crippen molar-refractivity contribution in [2.24, 2.45) is 0 Å². The van der Waals surface area contributed by atoms with Gasteiger partial charge in [0.25, 0.3) is 0 Å². The second kappa shape index (κ2) is 4.76. The molecule has 1 aliphatic rings. The second-order valence-corrected chi connectivity index (χ2v) is 5.76. The van der Waals surface area contributed by atoms with E-state index in [1.165, 1.54) is 24.6 Å². The lowest BCUT2D eigenvalue weighted by Gasteiger charge is -2.09. The average molecular weight is 307 g/mol. The normalized spacial score (nSPS) is 15.1. The van der Waals surface area contributed by atoms with E-state index < -0.39 is 0 Å². The lowest BCUT2D eigenvalue weighted by Crippen LogP contribution is -2.18. The largest absolute Gasteiger partial charge is 0.308 e. The summed E-state index contributed by atoms with van der Waals surface area (Å²) in [5.74, 6) is 0. The molecule has 8 heteroatoms. The zero-order chi connectivity index (χ0) is 13.5. The monoisotopic (exact) mass is 306 g/mol. The van der Waals surface area contributed by atoms with Crippen molar-refractivity contribution in [2.75, 3.05) is 0 Å². The molecule has 3 aromatic rings. The standard InChI is InChI=1S/C12H11ClN6S/c13-9-3-4-10-11(17-20-16-10)12(9)19-8(6-15-18-19)5-14-7-1-2-7/h3-4,6-7,14H,1-2,5H2. The zero-order valence-corrected chi connectivity index (χ0v) is 12.0. The van der Waals surface area contributed by atoms with Gasteiger partial charge in [-0.05, 0) is 25.0 Å². The highest BCUT2D eigenvalue weighted by atomic mass is 35.5. The van der Waals surface area contributed by atoms with E-state index in [9.17, 15) is 0 Å². The van der Waals surface area contributed by atoms with Crippen molar-refractivity contribution in [2.45, 2.75) is 25.4 Å². The van der Waals surface area contributed by atoms with E-state index >= 15 is 0 Å². The van der Waals surface area contributed by atoms with E-state index in [2.05, 4.69) is 24.4 Å². The van der Waals surface area contributed by atoms with E-state index in [0.717, 1.165) is 29.0 Å². The van der Waals surface area contributed by atoms with Crippen LogP contribution in [-0.2, 0) is 6.54 Å². The van der Waals surface area contributed by atoms with Gasteiger partial charge in [-0.25, -0.2) is 4.68 Å². The minimum atomic E-state index is 0.600. The molecule has 0 spiro atoms. The molecule has 4 rings (SSSR count). The fourth-order valence-corrected chi connectivity index (χ4v) is 2.89. The Balaban J connectivity index is 1.80. The number of hydrogen-bond acceptors (Lipinski definition) is 6. The molecule has 6 nitrogen and oxygen atoms in total. The van der Waals surface area contributed by atoms with Gasteiger partial charge in [-0.15, -0.1) is 5.10 Å². The third kappa shape index (κ3) is 2.07. The number of nitrogens with one attached hydrogen (secondary N) is 1. The molecule has 1 aromatic carbocycles. The third-order valence-corrected chi connectivity index (χ3v) is 4.18. The first-order valence-electron chi connectivity index (χ1n) is 6.37. The summed E-state index contributed by atoms with van der Waals surface area (Å²) in [7, 11) is 0. The van der Waals surface area contributed by atoms with Crippen LogP contribution in [0.4, 0.5) is 0 Å². The maximum Gasteiger partial charge on any atom is 0.132 e. The van der Waals surface area contributed by atoms with Gasteiger partial charge in [-0.3, -0.25) is 0 Å². The molecule has 1 saturated carbocycles. The Morgan fingerprint density at radius 1 is 1.35 bits per heavy atom. The van der Waals surface area contributed by atoms with Crippen LogP contribution in [0.25, 0.3) is 16.7 Å². The summed E-state index contributed by atoms with van der Waals surface area (Å²) >= 11 is 7.50. The van der Waals surface area contributed by atoms with Gasteiger partial charge >= 0.3 is 0 Å². The Labute approximate surface area is 124 Å². The minimum absolute atomic E-state index is 0.600. The first-order valence-corrected chi connectivity index (χ1v) is 7.48. The van der Waals surface area contributed by atoms with Crippen LogP contribution in [0, 0.1) is 0 Å². The summed E-state index contributed by atoms with van der Waals surface area (Å²) in [6.45, 7) is 0.724. The van der Waals surface area contributed by atoms with Gasteiger partial charge in [0.05, 0.1) is 28.6 Å². The van der Waals surface area contributed by atoms with E-state index in [1.54, 1.807) is 10.9 Å². The van der Waals surface area contributed by atoms with E-state index in [-0.39, 0.29) is 0 Å².